The van der Waals surface area contributed by atoms with Gasteiger partial charge in [-0.15, -0.1) is 13.2 Å². The van der Waals surface area contributed by atoms with Crippen LogP contribution in [-0.2, 0) is 4.74 Å². The van der Waals surface area contributed by atoms with E-state index in [9.17, 15) is 13.2 Å². The third-order valence-electron chi connectivity index (χ3n) is 2.56. The summed E-state index contributed by atoms with van der Waals surface area (Å²) in [6, 6.07) is 0. The molecule has 1 aliphatic rings. The molecule has 2 nitrogen and oxygen atoms in total. The minimum Gasteiger partial charge on any atom is -0.301 e. The zero-order valence-corrected chi connectivity index (χ0v) is 9.98. The van der Waals surface area contributed by atoms with Crippen LogP contribution < -0.4 is 0 Å². The third kappa shape index (κ3) is 5.73. The average Bonchev–Trinajstić information content (AvgIpc) is 2.51. The number of nitrogens with zero attached hydrogens (tertiary/aromatic N) is 1. The first-order valence-corrected chi connectivity index (χ1v) is 6.12. The second kappa shape index (κ2) is 6.06. The highest BCUT2D eigenvalue weighted by Crippen LogP contribution is 2.21. The lowest BCUT2D eigenvalue weighted by Gasteiger charge is -2.16. The van der Waals surface area contributed by atoms with Crippen molar-refractivity contribution in [3.63, 3.8) is 0 Å². The van der Waals surface area contributed by atoms with Crippen LogP contribution in [0.2, 0.25) is 0 Å². The lowest BCUT2D eigenvalue weighted by Crippen LogP contribution is -2.28. The van der Waals surface area contributed by atoms with Crippen molar-refractivity contribution in [3.8, 4) is 0 Å². The van der Waals surface area contributed by atoms with Crippen LogP contribution in [0, 0.1) is 5.92 Å². The van der Waals surface area contributed by atoms with E-state index >= 15 is 0 Å². The van der Waals surface area contributed by atoms with Crippen LogP contribution >= 0.6 is 15.9 Å². The fraction of sp³-hybridized carbons (Fsp3) is 1.00. The Balaban J connectivity index is 2.09. The highest BCUT2D eigenvalue weighted by molar-refractivity contribution is 9.09. The summed E-state index contributed by atoms with van der Waals surface area (Å²) in [5.41, 5.74) is 0. The Morgan fingerprint density at radius 2 is 2.13 bits per heavy atom. The molecule has 1 unspecified atom stereocenters. The molecule has 0 bridgehead atoms. The van der Waals surface area contributed by atoms with Gasteiger partial charge in [-0.2, -0.15) is 0 Å². The normalized spacial score (nSPS) is 23.6. The van der Waals surface area contributed by atoms with Gasteiger partial charge < -0.3 is 4.90 Å². The number of hydrogen-bond donors (Lipinski definition) is 0. The highest BCUT2D eigenvalue weighted by Gasteiger charge is 2.29. The first kappa shape index (κ1) is 13.3. The summed E-state index contributed by atoms with van der Waals surface area (Å²) in [5, 5.41) is 0.963. The maximum absolute atomic E-state index is 11.7. The molecule has 0 saturated carbocycles. The van der Waals surface area contributed by atoms with Crippen molar-refractivity contribution >= 4 is 15.9 Å². The molecule has 0 spiro atoms. The monoisotopic (exact) mass is 289 g/mol. The van der Waals surface area contributed by atoms with Gasteiger partial charge in [0.05, 0.1) is 6.61 Å². The van der Waals surface area contributed by atoms with E-state index in [1.165, 1.54) is 0 Å². The molecule has 0 aromatic heterocycles. The van der Waals surface area contributed by atoms with Crippen LogP contribution in [0.15, 0.2) is 0 Å². The number of ether oxygens (including phenoxy) is 1. The summed E-state index contributed by atoms with van der Waals surface area (Å²) < 4.78 is 38.8. The summed E-state index contributed by atoms with van der Waals surface area (Å²) >= 11 is 3.37. The molecular formula is C9H15BrF3NO. The van der Waals surface area contributed by atoms with Gasteiger partial charge in [0.25, 0.3) is 0 Å². The van der Waals surface area contributed by atoms with Gasteiger partial charge in [-0.3, -0.25) is 4.74 Å². The van der Waals surface area contributed by atoms with E-state index in [1.54, 1.807) is 0 Å². The fourth-order valence-corrected chi connectivity index (χ4v) is 2.44. The van der Waals surface area contributed by atoms with Crippen LogP contribution in [0.5, 0.6) is 0 Å². The first-order chi connectivity index (χ1) is 7.01. The number of hydrogen-bond acceptors (Lipinski definition) is 2. The lowest BCUT2D eigenvalue weighted by atomic mass is 10.1. The van der Waals surface area contributed by atoms with Gasteiger partial charge in [-0.1, -0.05) is 15.9 Å². The van der Waals surface area contributed by atoms with Gasteiger partial charge in [0.1, 0.15) is 0 Å². The maximum atomic E-state index is 11.7. The molecule has 1 aliphatic heterocycles. The second-order valence-corrected chi connectivity index (χ2v) is 4.52. The Morgan fingerprint density at radius 3 is 2.73 bits per heavy atom. The second-order valence-electron chi connectivity index (χ2n) is 3.73. The van der Waals surface area contributed by atoms with Crippen molar-refractivity contribution in [3.05, 3.63) is 0 Å². The Morgan fingerprint density at radius 1 is 1.40 bits per heavy atom. The molecule has 6 heteroatoms. The molecule has 0 aromatic rings. The van der Waals surface area contributed by atoms with Crippen LogP contribution in [0.1, 0.15) is 12.8 Å². The first-order valence-electron chi connectivity index (χ1n) is 5.00. The SMILES string of the molecule is FC(F)(F)OCCN1CCC(CCBr)C1. The minimum atomic E-state index is -4.49. The van der Waals surface area contributed by atoms with E-state index in [2.05, 4.69) is 20.7 Å². The van der Waals surface area contributed by atoms with E-state index in [0.717, 1.165) is 31.3 Å². The van der Waals surface area contributed by atoms with Crippen LogP contribution in [-0.4, -0.2) is 42.8 Å². The molecule has 0 amide bonds. The number of halogens is 4. The summed E-state index contributed by atoms with van der Waals surface area (Å²) in [7, 11) is 0. The Labute approximate surface area is 95.9 Å². The van der Waals surface area contributed by atoms with E-state index in [4.69, 9.17) is 0 Å². The van der Waals surface area contributed by atoms with Crippen molar-refractivity contribution in [2.45, 2.75) is 19.2 Å². The smallest absolute Gasteiger partial charge is 0.301 e. The molecule has 0 radical (unpaired) electrons. The Kier molecular flexibility index (Phi) is 5.35. The van der Waals surface area contributed by atoms with Gasteiger partial charge in [0.2, 0.25) is 0 Å². The lowest BCUT2D eigenvalue weighted by molar-refractivity contribution is -0.324. The molecule has 0 aliphatic carbocycles. The van der Waals surface area contributed by atoms with Crippen molar-refractivity contribution in [1.82, 2.24) is 4.90 Å². The quantitative estimate of drug-likeness (QED) is 0.722. The van der Waals surface area contributed by atoms with Gasteiger partial charge in [0, 0.05) is 18.4 Å². The van der Waals surface area contributed by atoms with Crippen molar-refractivity contribution < 1.29 is 17.9 Å². The molecule has 90 valence electrons. The molecule has 15 heavy (non-hydrogen) atoms. The molecular weight excluding hydrogens is 275 g/mol. The van der Waals surface area contributed by atoms with Gasteiger partial charge >= 0.3 is 6.36 Å². The largest absolute Gasteiger partial charge is 0.522 e. The number of rotatable bonds is 5. The summed E-state index contributed by atoms with van der Waals surface area (Å²) in [4.78, 5) is 2.03. The van der Waals surface area contributed by atoms with Crippen LogP contribution in [0.25, 0.3) is 0 Å². The Hall–Kier alpha value is 0.190. The predicted molar refractivity (Wildman–Crippen MR) is 55.0 cm³/mol. The molecule has 1 rings (SSSR count). The van der Waals surface area contributed by atoms with Crippen molar-refractivity contribution in [2.24, 2.45) is 5.92 Å². The standard InChI is InChI=1S/C9H15BrF3NO/c10-3-1-8-2-4-14(7-8)5-6-15-9(11,12)13/h8H,1-7H2. The third-order valence-corrected chi connectivity index (χ3v) is 3.02. The topological polar surface area (TPSA) is 12.5 Å². The summed E-state index contributed by atoms with van der Waals surface area (Å²) in [6.07, 6.45) is -2.32. The van der Waals surface area contributed by atoms with Crippen molar-refractivity contribution in [2.75, 3.05) is 31.6 Å². The molecule has 1 fully saturated rings. The maximum Gasteiger partial charge on any atom is 0.522 e. The Bertz CT molecular complexity index is 189. The molecule has 0 N–H and O–H groups in total. The van der Waals surface area contributed by atoms with E-state index in [1.807, 2.05) is 4.90 Å². The van der Waals surface area contributed by atoms with Crippen LogP contribution in [0.3, 0.4) is 0 Å². The molecule has 1 heterocycles. The molecule has 1 saturated heterocycles. The van der Waals surface area contributed by atoms with Crippen LogP contribution in [0.4, 0.5) is 13.2 Å². The zero-order chi connectivity index (χ0) is 11.3. The molecule has 1 atom stereocenters. The fourth-order valence-electron chi connectivity index (χ4n) is 1.80. The van der Waals surface area contributed by atoms with E-state index < -0.39 is 6.36 Å². The van der Waals surface area contributed by atoms with Gasteiger partial charge in [0.15, 0.2) is 0 Å². The number of likely N-dealkylation sites (tertiary alicyclic amines) is 1. The minimum absolute atomic E-state index is 0.259. The molecule has 0 aromatic carbocycles. The average molecular weight is 290 g/mol. The zero-order valence-electron chi connectivity index (χ0n) is 8.39. The van der Waals surface area contributed by atoms with E-state index in [-0.39, 0.29) is 6.61 Å². The van der Waals surface area contributed by atoms with E-state index in [0.29, 0.717) is 12.5 Å². The van der Waals surface area contributed by atoms with Crippen molar-refractivity contribution in [1.29, 1.82) is 0 Å². The van der Waals surface area contributed by atoms with Gasteiger partial charge in [-0.25, -0.2) is 0 Å². The van der Waals surface area contributed by atoms with Gasteiger partial charge in [-0.05, 0) is 25.3 Å². The summed E-state index contributed by atoms with van der Waals surface area (Å²) in [6.45, 7) is 1.90. The predicted octanol–water partition coefficient (Wildman–Crippen LogP) is 2.63. The highest BCUT2D eigenvalue weighted by atomic mass is 79.9. The number of alkyl halides is 4. The summed E-state index contributed by atoms with van der Waals surface area (Å²) in [5.74, 6) is 0.621.